The molecule has 0 unspecified atom stereocenters. The number of aliphatic imine (C=N–C) groups is 1. The van der Waals surface area contributed by atoms with Crippen molar-refractivity contribution in [3.8, 4) is 0 Å². The fourth-order valence-corrected chi connectivity index (χ4v) is 3.76. The topological polar surface area (TPSA) is 58.1 Å². The van der Waals surface area contributed by atoms with E-state index < -0.39 is 0 Å². The zero-order valence-electron chi connectivity index (χ0n) is 19.4. The van der Waals surface area contributed by atoms with Gasteiger partial charge in [0.25, 0.3) is 0 Å². The average Bonchev–Trinajstić information content (AvgIpc) is 2.85. The maximum atomic E-state index is 5.77. The van der Waals surface area contributed by atoms with Crippen LogP contribution in [-0.2, 0) is 29.0 Å². The number of unbranched alkanes of at least 4 members (excludes halogenated alkanes) is 1. The fraction of sp³-hybridized carbons (Fsp3) is 0.500. The number of benzene rings is 2. The quantitative estimate of drug-likeness (QED) is 0.303. The molecule has 1 heterocycles. The van der Waals surface area contributed by atoms with Crippen molar-refractivity contribution < 1.29 is 9.47 Å². The molecule has 3 rings (SSSR count). The van der Waals surface area contributed by atoms with Crippen LogP contribution in [0.25, 0.3) is 0 Å². The van der Waals surface area contributed by atoms with Gasteiger partial charge in [0.1, 0.15) is 0 Å². The number of nitrogens with one attached hydrogen (secondary N) is 2. The number of ether oxygens (including phenoxy) is 2. The maximum Gasteiger partial charge on any atom is 0.191 e. The van der Waals surface area contributed by atoms with Crippen molar-refractivity contribution >= 4 is 5.96 Å². The van der Waals surface area contributed by atoms with Crippen LogP contribution in [0.15, 0.2) is 59.6 Å². The summed E-state index contributed by atoms with van der Waals surface area (Å²) in [5.74, 6) is 0.844. The number of rotatable bonds is 12. The Morgan fingerprint density at radius 3 is 2.47 bits per heavy atom. The Labute approximate surface area is 193 Å². The van der Waals surface area contributed by atoms with Gasteiger partial charge in [0.2, 0.25) is 0 Å². The van der Waals surface area contributed by atoms with Crippen molar-refractivity contribution in [3.63, 3.8) is 0 Å². The van der Waals surface area contributed by atoms with Gasteiger partial charge in [-0.05, 0) is 36.0 Å². The summed E-state index contributed by atoms with van der Waals surface area (Å²) in [6.07, 6.45) is 3.07. The summed E-state index contributed by atoms with van der Waals surface area (Å²) in [6, 6.07) is 19.1. The van der Waals surface area contributed by atoms with Crippen molar-refractivity contribution in [1.82, 2.24) is 15.5 Å². The van der Waals surface area contributed by atoms with Crippen LogP contribution in [0.2, 0.25) is 0 Å². The second-order valence-electron chi connectivity index (χ2n) is 8.06. The first-order chi connectivity index (χ1) is 15.8. The van der Waals surface area contributed by atoms with E-state index in [4.69, 9.17) is 9.47 Å². The Kier molecular flexibility index (Phi) is 11.1. The van der Waals surface area contributed by atoms with Gasteiger partial charge in [0, 0.05) is 46.4 Å². The summed E-state index contributed by atoms with van der Waals surface area (Å²) in [5, 5.41) is 6.87. The molecule has 174 valence electrons. The molecule has 6 nitrogen and oxygen atoms in total. The minimum absolute atomic E-state index is 0.767. The van der Waals surface area contributed by atoms with Crippen LogP contribution < -0.4 is 10.6 Å². The molecule has 0 saturated carbocycles. The molecule has 0 atom stereocenters. The second kappa shape index (κ2) is 14.6. The third-order valence-corrected chi connectivity index (χ3v) is 5.67. The van der Waals surface area contributed by atoms with E-state index in [1.54, 1.807) is 0 Å². The lowest BCUT2D eigenvalue weighted by atomic mass is 10.1. The molecule has 1 aliphatic heterocycles. The third kappa shape index (κ3) is 8.99. The molecule has 2 N–H and O–H groups in total. The molecule has 0 amide bonds. The summed E-state index contributed by atoms with van der Waals surface area (Å²) in [4.78, 5) is 6.82. The van der Waals surface area contributed by atoms with Crippen LogP contribution in [0, 0.1) is 0 Å². The van der Waals surface area contributed by atoms with Crippen LogP contribution in [0.4, 0.5) is 0 Å². The van der Waals surface area contributed by atoms with E-state index >= 15 is 0 Å². The molecule has 0 spiro atoms. The van der Waals surface area contributed by atoms with Gasteiger partial charge in [-0.15, -0.1) is 0 Å². The predicted molar refractivity (Wildman–Crippen MR) is 131 cm³/mol. The van der Waals surface area contributed by atoms with Crippen molar-refractivity contribution in [2.24, 2.45) is 4.99 Å². The first-order valence-electron chi connectivity index (χ1n) is 11.8. The Morgan fingerprint density at radius 1 is 0.938 bits per heavy atom. The fourth-order valence-electron chi connectivity index (χ4n) is 3.76. The highest BCUT2D eigenvalue weighted by atomic mass is 16.5. The summed E-state index contributed by atoms with van der Waals surface area (Å²) in [6.45, 7) is 7.86. The highest BCUT2D eigenvalue weighted by molar-refractivity contribution is 5.79. The first-order valence-corrected chi connectivity index (χ1v) is 11.8. The zero-order chi connectivity index (χ0) is 22.3. The first kappa shape index (κ1) is 24.2. The van der Waals surface area contributed by atoms with Crippen LogP contribution in [-0.4, -0.2) is 64.0 Å². The van der Waals surface area contributed by atoms with Crippen LogP contribution in [0.3, 0.4) is 0 Å². The molecule has 32 heavy (non-hydrogen) atoms. The SMILES string of the molecule is CN=C(NCCCCOCCc1ccccc1)NCc1ccccc1CN1CCOCC1. The molecule has 2 aromatic carbocycles. The van der Waals surface area contributed by atoms with Gasteiger partial charge in [-0.1, -0.05) is 54.6 Å². The Bertz CT molecular complexity index is 791. The lowest BCUT2D eigenvalue weighted by Crippen LogP contribution is -2.38. The molecule has 1 saturated heterocycles. The minimum atomic E-state index is 0.767. The van der Waals surface area contributed by atoms with Gasteiger partial charge in [0.15, 0.2) is 5.96 Å². The smallest absolute Gasteiger partial charge is 0.191 e. The number of hydrogen-bond acceptors (Lipinski definition) is 4. The lowest BCUT2D eigenvalue weighted by molar-refractivity contribution is 0.0341. The van der Waals surface area contributed by atoms with Crippen LogP contribution in [0.5, 0.6) is 0 Å². The molecule has 1 aliphatic rings. The molecule has 0 aliphatic carbocycles. The zero-order valence-corrected chi connectivity index (χ0v) is 19.4. The molecular weight excluding hydrogens is 400 g/mol. The number of nitrogens with zero attached hydrogens (tertiary/aromatic N) is 2. The van der Waals surface area contributed by atoms with E-state index in [2.05, 4.69) is 69.1 Å². The van der Waals surface area contributed by atoms with Gasteiger partial charge in [-0.3, -0.25) is 9.89 Å². The van der Waals surface area contributed by atoms with Crippen molar-refractivity contribution in [3.05, 3.63) is 71.3 Å². The van der Waals surface area contributed by atoms with Crippen molar-refractivity contribution in [1.29, 1.82) is 0 Å². The normalized spacial score (nSPS) is 15.0. The Balaban J connectivity index is 1.29. The summed E-state index contributed by atoms with van der Waals surface area (Å²) in [5.41, 5.74) is 4.01. The van der Waals surface area contributed by atoms with Crippen molar-refractivity contribution in [2.45, 2.75) is 32.4 Å². The van der Waals surface area contributed by atoms with Gasteiger partial charge in [0.05, 0.1) is 19.8 Å². The van der Waals surface area contributed by atoms with Gasteiger partial charge >= 0.3 is 0 Å². The summed E-state index contributed by atoms with van der Waals surface area (Å²) >= 11 is 0. The highest BCUT2D eigenvalue weighted by Gasteiger charge is 2.12. The van der Waals surface area contributed by atoms with Gasteiger partial charge in [-0.25, -0.2) is 0 Å². The van der Waals surface area contributed by atoms with E-state index in [9.17, 15) is 0 Å². The number of hydrogen-bond donors (Lipinski definition) is 2. The molecular formula is C26H38N4O2. The van der Waals surface area contributed by atoms with Crippen LogP contribution >= 0.6 is 0 Å². The lowest BCUT2D eigenvalue weighted by Gasteiger charge is -2.27. The van der Waals surface area contributed by atoms with E-state index in [1.165, 1.54) is 16.7 Å². The Morgan fingerprint density at radius 2 is 1.69 bits per heavy atom. The van der Waals surface area contributed by atoms with Gasteiger partial charge < -0.3 is 20.1 Å². The van der Waals surface area contributed by atoms with Crippen molar-refractivity contribution in [2.75, 3.05) is 53.1 Å². The Hall–Kier alpha value is -2.41. The molecule has 0 aromatic heterocycles. The molecule has 0 radical (unpaired) electrons. The average molecular weight is 439 g/mol. The monoisotopic (exact) mass is 438 g/mol. The summed E-state index contributed by atoms with van der Waals surface area (Å²) < 4.78 is 11.2. The van der Waals surface area contributed by atoms with E-state index in [-0.39, 0.29) is 0 Å². The second-order valence-corrected chi connectivity index (χ2v) is 8.06. The molecule has 1 fully saturated rings. The largest absolute Gasteiger partial charge is 0.381 e. The minimum Gasteiger partial charge on any atom is -0.381 e. The van der Waals surface area contributed by atoms with E-state index in [1.807, 2.05) is 13.1 Å². The van der Waals surface area contributed by atoms with Crippen LogP contribution in [0.1, 0.15) is 29.5 Å². The van der Waals surface area contributed by atoms with E-state index in [0.717, 1.165) is 84.4 Å². The predicted octanol–water partition coefficient (Wildman–Crippen LogP) is 3.22. The number of morpholine rings is 1. The molecule has 2 aromatic rings. The van der Waals surface area contributed by atoms with E-state index in [0.29, 0.717) is 0 Å². The summed E-state index contributed by atoms with van der Waals surface area (Å²) in [7, 11) is 1.82. The number of guanidine groups is 1. The molecule has 6 heteroatoms. The highest BCUT2D eigenvalue weighted by Crippen LogP contribution is 2.13. The standard InChI is InChI=1S/C26H38N4O2/c1-27-26(28-14-7-8-17-31-18-13-23-9-3-2-4-10-23)29-21-24-11-5-6-12-25(24)22-30-15-19-32-20-16-30/h2-6,9-12H,7-8,13-22H2,1H3,(H2,27,28,29). The van der Waals surface area contributed by atoms with Gasteiger partial charge in [-0.2, -0.15) is 0 Å². The molecule has 0 bridgehead atoms. The maximum absolute atomic E-state index is 5.77. The third-order valence-electron chi connectivity index (χ3n) is 5.67.